The molecule has 5 unspecified atom stereocenters. The van der Waals surface area contributed by atoms with Crippen LogP contribution in [0.2, 0.25) is 0 Å². The van der Waals surface area contributed by atoms with E-state index in [1.165, 1.54) is 96.3 Å². The molecule has 0 amide bonds. The van der Waals surface area contributed by atoms with Crippen LogP contribution in [0.5, 0.6) is 0 Å². The van der Waals surface area contributed by atoms with E-state index in [0.29, 0.717) is 25.7 Å². The Bertz CT molecular complexity index is 2430. The van der Waals surface area contributed by atoms with Gasteiger partial charge in [0.2, 0.25) is 0 Å². The van der Waals surface area contributed by atoms with Gasteiger partial charge in [-0.15, -0.1) is 0 Å². The molecule has 3 N–H and O–H groups in total. The lowest BCUT2D eigenvalue weighted by Gasteiger charge is -2.21. The van der Waals surface area contributed by atoms with Crippen LogP contribution in [0, 0.1) is 0 Å². The van der Waals surface area contributed by atoms with Gasteiger partial charge in [0.15, 0.2) is 12.2 Å². The lowest BCUT2D eigenvalue weighted by molar-refractivity contribution is -0.161. The minimum atomic E-state index is -4.99. The van der Waals surface area contributed by atoms with Crippen molar-refractivity contribution < 1.29 is 80.2 Å². The van der Waals surface area contributed by atoms with Gasteiger partial charge in [-0.3, -0.25) is 37.3 Å². The van der Waals surface area contributed by atoms with Crippen LogP contribution in [0.1, 0.15) is 362 Å². The van der Waals surface area contributed by atoms with Gasteiger partial charge in [-0.2, -0.15) is 0 Å². The third-order valence-electron chi connectivity index (χ3n) is 17.7. The Kier molecular flexibility index (Phi) is 75.6. The number of allylic oxidation sites excluding steroid dienone is 18. The maximum Gasteiger partial charge on any atom is 0.472 e. The molecule has 0 aromatic carbocycles. The molecule has 0 bridgehead atoms. The number of hydrogen-bond donors (Lipinski definition) is 3. The highest BCUT2D eigenvalue weighted by Gasteiger charge is 2.30. The van der Waals surface area contributed by atoms with Crippen LogP contribution in [0.4, 0.5) is 0 Å². The summed E-state index contributed by atoms with van der Waals surface area (Å²) < 4.78 is 68.7. The monoisotopic (exact) mass is 1530 g/mol. The van der Waals surface area contributed by atoms with Gasteiger partial charge >= 0.3 is 39.5 Å². The number of aliphatic hydroxyl groups excluding tert-OH is 1. The lowest BCUT2D eigenvalue weighted by atomic mass is 10.1. The van der Waals surface area contributed by atoms with E-state index in [0.717, 1.165) is 186 Å². The van der Waals surface area contributed by atoms with Crippen LogP contribution in [-0.2, 0) is 65.4 Å². The van der Waals surface area contributed by atoms with E-state index >= 15 is 0 Å². The number of aliphatic hydroxyl groups is 1. The van der Waals surface area contributed by atoms with E-state index < -0.39 is 97.5 Å². The number of phosphoric acid groups is 2. The van der Waals surface area contributed by atoms with E-state index in [4.69, 9.17) is 37.0 Å². The molecule has 0 saturated heterocycles. The average molecular weight is 1530 g/mol. The minimum Gasteiger partial charge on any atom is -0.462 e. The van der Waals surface area contributed by atoms with Crippen molar-refractivity contribution in [3.05, 3.63) is 109 Å². The van der Waals surface area contributed by atoms with Crippen molar-refractivity contribution in [1.82, 2.24) is 0 Å². The molecule has 0 spiro atoms. The Morgan fingerprint density at radius 2 is 0.491 bits per heavy atom. The van der Waals surface area contributed by atoms with Crippen molar-refractivity contribution in [3.63, 3.8) is 0 Å². The normalized spacial score (nSPS) is 14.4. The molecule has 5 atom stereocenters. The molecule has 0 aromatic heterocycles. The van der Waals surface area contributed by atoms with Gasteiger partial charge < -0.3 is 33.8 Å². The van der Waals surface area contributed by atoms with Crippen LogP contribution in [-0.4, -0.2) is 96.7 Å². The SMILES string of the molecule is CC/C=C\C/C=C\C/C=C\C/C=C\CCCCCCC(=O)OC(COC(=O)CCCCCCCC/C=C\C/C=C\C/C=C\CCCCC)COP(=O)(O)OCC(O)COP(=O)(O)OCC(COC(=O)CCCCCCC/C=C\CCCCCCCC)OC(=O)CCCCCCC/C=C\CCCCCCCC. The summed E-state index contributed by atoms with van der Waals surface area (Å²) in [5.74, 6) is -2.22. The predicted octanol–water partition coefficient (Wildman–Crippen LogP) is 24.9. The summed E-state index contributed by atoms with van der Waals surface area (Å²) >= 11 is 0. The second-order valence-corrected chi connectivity index (χ2v) is 30.9. The topological polar surface area (TPSA) is 237 Å². The van der Waals surface area contributed by atoms with Crippen molar-refractivity contribution in [2.45, 2.75) is 380 Å². The molecular weight excluding hydrogens is 1380 g/mol. The summed E-state index contributed by atoms with van der Waals surface area (Å²) in [5.41, 5.74) is 0. The fourth-order valence-corrected chi connectivity index (χ4v) is 12.8. The molecule has 612 valence electrons. The Hall–Kier alpha value is -4.28. The first kappa shape index (κ1) is 102. The quantitative estimate of drug-likeness (QED) is 0.0169. The lowest BCUT2D eigenvalue weighted by Crippen LogP contribution is -2.30. The van der Waals surface area contributed by atoms with Crippen molar-refractivity contribution in [3.8, 4) is 0 Å². The molecular formula is C87H152O17P2. The Morgan fingerprint density at radius 3 is 0.783 bits per heavy atom. The first-order valence-corrected chi connectivity index (χ1v) is 45.1. The summed E-state index contributed by atoms with van der Waals surface area (Å²) in [6.45, 7) is 4.72. The first-order chi connectivity index (χ1) is 51.7. The summed E-state index contributed by atoms with van der Waals surface area (Å²) in [6.07, 6.45) is 86.2. The number of unbranched alkanes of at least 4 members (excludes halogenated alkanes) is 35. The number of esters is 4. The summed E-state index contributed by atoms with van der Waals surface area (Å²) in [6, 6.07) is 0. The van der Waals surface area contributed by atoms with Crippen LogP contribution in [0.15, 0.2) is 109 Å². The standard InChI is InChI=1S/C87H152O17P2/c1-5-9-13-17-21-25-29-33-37-39-40-42-45-48-52-56-60-64-68-72-85(90)98-78-83(104-87(92)74-70-66-62-58-54-50-46-41-38-34-30-26-22-18-14-10-6-2)80-102-106(95,96)100-76-81(88)75-99-105(93,94)101-79-82(103-86(91)73-69-65-61-57-53-49-44-36-32-28-24-20-16-12-8-4)77-97-84(89)71-67-63-59-55-51-47-43-35-31-27-23-19-15-11-7-3/h10,14,21-22,25-26,33-38,40,42-44,46,50,81-83,88H,5-9,11-13,15-20,23-24,27-32,39,41,45,47-49,51-80H2,1-4H3,(H,93,94)(H,95,96)/b14-10-,25-21-,26-22-,37-33-,38-34-,42-40-,43-35-,44-36-,50-46-. The summed E-state index contributed by atoms with van der Waals surface area (Å²) in [7, 11) is -9.98. The molecule has 0 saturated carbocycles. The Balaban J connectivity index is 5.40. The number of ether oxygens (including phenoxy) is 4. The molecule has 0 aromatic rings. The number of carbonyl (C=O) groups excluding carboxylic acids is 4. The van der Waals surface area contributed by atoms with E-state index in [1.54, 1.807) is 0 Å². The highest BCUT2D eigenvalue weighted by Crippen LogP contribution is 2.45. The first-order valence-electron chi connectivity index (χ1n) is 42.1. The van der Waals surface area contributed by atoms with Crippen molar-refractivity contribution in [1.29, 1.82) is 0 Å². The highest BCUT2D eigenvalue weighted by molar-refractivity contribution is 7.47. The fraction of sp³-hybridized carbons (Fsp3) is 0.747. The van der Waals surface area contributed by atoms with Crippen LogP contribution < -0.4 is 0 Å². The smallest absolute Gasteiger partial charge is 0.462 e. The second-order valence-electron chi connectivity index (χ2n) is 28.0. The van der Waals surface area contributed by atoms with Gasteiger partial charge in [0, 0.05) is 25.7 Å². The molecule has 0 aliphatic rings. The summed E-state index contributed by atoms with van der Waals surface area (Å²) in [5, 5.41) is 10.7. The molecule has 0 fully saturated rings. The highest BCUT2D eigenvalue weighted by atomic mass is 31.2. The zero-order chi connectivity index (χ0) is 77.4. The zero-order valence-corrected chi connectivity index (χ0v) is 68.9. The molecule has 17 nitrogen and oxygen atoms in total. The van der Waals surface area contributed by atoms with E-state index in [9.17, 15) is 43.2 Å². The summed E-state index contributed by atoms with van der Waals surface area (Å²) in [4.78, 5) is 73.2. The van der Waals surface area contributed by atoms with Crippen LogP contribution in [0.3, 0.4) is 0 Å². The molecule has 0 radical (unpaired) electrons. The Labute approximate surface area is 645 Å². The van der Waals surface area contributed by atoms with Gasteiger partial charge in [-0.05, 0) is 154 Å². The van der Waals surface area contributed by atoms with Crippen molar-refractivity contribution >= 4 is 39.5 Å². The fourth-order valence-electron chi connectivity index (χ4n) is 11.3. The second kappa shape index (κ2) is 78.8. The predicted molar refractivity (Wildman–Crippen MR) is 436 cm³/mol. The number of rotatable bonds is 79. The zero-order valence-electron chi connectivity index (χ0n) is 67.1. The molecule has 0 aliphatic heterocycles. The van der Waals surface area contributed by atoms with Crippen molar-refractivity contribution in [2.75, 3.05) is 39.6 Å². The van der Waals surface area contributed by atoms with Gasteiger partial charge in [-0.1, -0.05) is 291 Å². The Morgan fingerprint density at radius 1 is 0.274 bits per heavy atom. The van der Waals surface area contributed by atoms with Gasteiger partial charge in [0.25, 0.3) is 0 Å². The average Bonchev–Trinajstić information content (AvgIpc) is 0.907. The van der Waals surface area contributed by atoms with E-state index in [2.05, 4.69) is 137 Å². The van der Waals surface area contributed by atoms with Gasteiger partial charge in [0.05, 0.1) is 26.4 Å². The maximum atomic E-state index is 13.1. The van der Waals surface area contributed by atoms with Crippen LogP contribution in [0.25, 0.3) is 0 Å². The third-order valence-corrected chi connectivity index (χ3v) is 19.6. The largest absolute Gasteiger partial charge is 0.472 e. The molecule has 0 aliphatic carbocycles. The molecule has 19 heteroatoms. The van der Waals surface area contributed by atoms with Crippen molar-refractivity contribution in [2.24, 2.45) is 0 Å². The third kappa shape index (κ3) is 77.9. The van der Waals surface area contributed by atoms with Gasteiger partial charge in [0.1, 0.15) is 19.3 Å². The molecule has 106 heavy (non-hydrogen) atoms. The molecule has 0 heterocycles. The van der Waals surface area contributed by atoms with Gasteiger partial charge in [-0.25, -0.2) is 9.13 Å². The number of carbonyl (C=O) groups is 4. The number of phosphoric ester groups is 2. The maximum absolute atomic E-state index is 13.1. The van der Waals surface area contributed by atoms with E-state index in [1.807, 2.05) is 0 Å². The number of hydrogen-bond acceptors (Lipinski definition) is 15. The minimum absolute atomic E-state index is 0.0625. The van der Waals surface area contributed by atoms with Crippen LogP contribution >= 0.6 is 15.6 Å². The molecule has 0 rings (SSSR count). The van der Waals surface area contributed by atoms with E-state index in [-0.39, 0.29) is 25.7 Å².